The Balaban J connectivity index is 2.55. The Morgan fingerprint density at radius 3 is 2.47 bits per heavy atom. The third kappa shape index (κ3) is 3.57. The lowest BCUT2D eigenvalue weighted by Gasteiger charge is -2.27. The van der Waals surface area contributed by atoms with E-state index in [1.807, 2.05) is 13.8 Å². The number of halogens is 3. The lowest BCUT2D eigenvalue weighted by atomic mass is 9.80. The van der Waals surface area contributed by atoms with E-state index in [4.69, 9.17) is 0 Å². The van der Waals surface area contributed by atoms with Crippen molar-refractivity contribution in [1.29, 1.82) is 0 Å². The molecule has 0 saturated heterocycles. The summed E-state index contributed by atoms with van der Waals surface area (Å²) >= 11 is 0. The molecular formula is C10H13F3O2. The molecule has 0 heterocycles. The van der Waals surface area contributed by atoms with E-state index in [0.29, 0.717) is 12.8 Å². The topological polar surface area (TPSA) is 26.3 Å². The third-order valence-electron chi connectivity index (χ3n) is 2.39. The fourth-order valence-electron chi connectivity index (χ4n) is 1.33. The number of esters is 1. The van der Waals surface area contributed by atoms with Gasteiger partial charge in [-0.25, -0.2) is 4.79 Å². The number of carbonyl (C=O) groups excluding carboxylic acids is 1. The highest BCUT2D eigenvalue weighted by Crippen LogP contribution is 2.35. The zero-order valence-corrected chi connectivity index (χ0v) is 8.65. The minimum Gasteiger partial charge on any atom is -0.425 e. The van der Waals surface area contributed by atoms with Gasteiger partial charge in [0, 0.05) is 6.42 Å². The van der Waals surface area contributed by atoms with Crippen LogP contribution < -0.4 is 0 Å². The molecule has 0 aliphatic heterocycles. The molecule has 0 radical (unpaired) electrons. The van der Waals surface area contributed by atoms with Crippen molar-refractivity contribution < 1.29 is 22.7 Å². The maximum Gasteiger partial charge on any atom is 0.491 e. The van der Waals surface area contributed by atoms with Crippen molar-refractivity contribution in [3.05, 3.63) is 11.8 Å². The summed E-state index contributed by atoms with van der Waals surface area (Å²) in [5.74, 6) is -2.00. The molecule has 1 rings (SSSR count). The Hall–Kier alpha value is -1.00. The number of alkyl halides is 3. The fraction of sp³-hybridized carbons (Fsp3) is 0.700. The van der Waals surface area contributed by atoms with E-state index >= 15 is 0 Å². The zero-order chi connectivity index (χ0) is 11.7. The molecule has 1 aliphatic rings. The molecule has 15 heavy (non-hydrogen) atoms. The van der Waals surface area contributed by atoms with Crippen molar-refractivity contribution in [2.45, 2.75) is 39.3 Å². The van der Waals surface area contributed by atoms with E-state index in [2.05, 4.69) is 4.74 Å². The van der Waals surface area contributed by atoms with Crippen molar-refractivity contribution in [2.24, 2.45) is 5.41 Å². The van der Waals surface area contributed by atoms with Crippen LogP contribution in [0, 0.1) is 5.41 Å². The van der Waals surface area contributed by atoms with Crippen molar-refractivity contribution in [1.82, 2.24) is 0 Å². The highest BCUT2D eigenvalue weighted by molar-refractivity contribution is 5.76. The van der Waals surface area contributed by atoms with Gasteiger partial charge in [-0.2, -0.15) is 13.2 Å². The first-order valence-electron chi connectivity index (χ1n) is 4.69. The number of rotatable bonds is 1. The van der Waals surface area contributed by atoms with Crippen molar-refractivity contribution in [3.8, 4) is 0 Å². The second kappa shape index (κ2) is 3.87. The van der Waals surface area contributed by atoms with Gasteiger partial charge in [-0.05, 0) is 24.3 Å². The lowest BCUT2D eigenvalue weighted by Crippen LogP contribution is -2.26. The highest BCUT2D eigenvalue weighted by Gasteiger charge is 2.42. The third-order valence-corrected chi connectivity index (χ3v) is 2.39. The summed E-state index contributed by atoms with van der Waals surface area (Å²) < 4.78 is 39.8. The Kier molecular flexibility index (Phi) is 3.11. The number of hydrogen-bond donors (Lipinski definition) is 0. The van der Waals surface area contributed by atoms with Crippen LogP contribution in [0.1, 0.15) is 33.1 Å². The van der Waals surface area contributed by atoms with Crippen LogP contribution in [0.4, 0.5) is 13.2 Å². The molecule has 0 unspecified atom stereocenters. The quantitative estimate of drug-likeness (QED) is 0.637. The molecule has 2 nitrogen and oxygen atoms in total. The monoisotopic (exact) mass is 222 g/mol. The van der Waals surface area contributed by atoms with Gasteiger partial charge in [-0.1, -0.05) is 13.8 Å². The minimum absolute atomic E-state index is 0.0775. The van der Waals surface area contributed by atoms with Gasteiger partial charge in [0.25, 0.3) is 0 Å². The van der Waals surface area contributed by atoms with E-state index in [-0.39, 0.29) is 11.2 Å². The molecule has 0 aromatic rings. The second-order valence-electron chi connectivity index (χ2n) is 4.43. The molecule has 0 aromatic heterocycles. The van der Waals surface area contributed by atoms with Gasteiger partial charge in [-0.3, -0.25) is 0 Å². The highest BCUT2D eigenvalue weighted by atomic mass is 19.4. The van der Waals surface area contributed by atoms with Crippen LogP contribution >= 0.6 is 0 Å². The Labute approximate surface area is 86.1 Å². The number of allylic oxidation sites excluding steroid dienone is 2. The van der Waals surface area contributed by atoms with Crippen molar-refractivity contribution in [3.63, 3.8) is 0 Å². The molecule has 0 amide bonds. The summed E-state index contributed by atoms with van der Waals surface area (Å²) in [5.41, 5.74) is 0.0775. The van der Waals surface area contributed by atoms with E-state index in [1.54, 1.807) is 6.08 Å². The SMILES string of the molecule is CC1(C)CC=C(OC(=O)C(F)(F)F)CC1. The van der Waals surface area contributed by atoms with Crippen LogP contribution in [0.3, 0.4) is 0 Å². The van der Waals surface area contributed by atoms with E-state index in [0.717, 1.165) is 6.42 Å². The summed E-state index contributed by atoms with van der Waals surface area (Å²) in [6, 6.07) is 0. The Morgan fingerprint density at radius 2 is 2.07 bits per heavy atom. The molecule has 0 aromatic carbocycles. The predicted octanol–water partition coefficient (Wildman–Crippen LogP) is 3.19. The molecule has 5 heteroatoms. The van der Waals surface area contributed by atoms with Gasteiger partial charge in [-0.15, -0.1) is 0 Å². The molecule has 86 valence electrons. The van der Waals surface area contributed by atoms with Crippen LogP contribution in [0.2, 0.25) is 0 Å². The zero-order valence-electron chi connectivity index (χ0n) is 8.65. The average Bonchev–Trinajstić information content (AvgIpc) is 2.07. The molecule has 0 fully saturated rings. The van der Waals surface area contributed by atoms with Crippen LogP contribution in [-0.4, -0.2) is 12.1 Å². The van der Waals surface area contributed by atoms with Gasteiger partial charge in [0.1, 0.15) is 5.76 Å². The van der Waals surface area contributed by atoms with Gasteiger partial charge in [0.2, 0.25) is 0 Å². The Morgan fingerprint density at radius 1 is 1.47 bits per heavy atom. The largest absolute Gasteiger partial charge is 0.491 e. The van der Waals surface area contributed by atoms with Crippen LogP contribution in [0.25, 0.3) is 0 Å². The standard InChI is InChI=1S/C10H13F3O2/c1-9(2)5-3-7(4-6-9)15-8(14)10(11,12)13/h3H,4-6H2,1-2H3. The molecule has 0 spiro atoms. The minimum atomic E-state index is -4.91. The van der Waals surface area contributed by atoms with Crippen molar-refractivity contribution in [2.75, 3.05) is 0 Å². The summed E-state index contributed by atoms with van der Waals surface area (Å²) in [7, 11) is 0. The molecule has 0 saturated carbocycles. The van der Waals surface area contributed by atoms with E-state index in [1.165, 1.54) is 0 Å². The number of hydrogen-bond acceptors (Lipinski definition) is 2. The fourth-order valence-corrected chi connectivity index (χ4v) is 1.33. The first-order chi connectivity index (χ1) is 6.71. The predicted molar refractivity (Wildman–Crippen MR) is 47.9 cm³/mol. The molecule has 0 N–H and O–H groups in total. The molecular weight excluding hydrogens is 209 g/mol. The van der Waals surface area contributed by atoms with Gasteiger partial charge < -0.3 is 4.74 Å². The normalized spacial score (nSPS) is 20.7. The average molecular weight is 222 g/mol. The van der Waals surface area contributed by atoms with Crippen molar-refractivity contribution >= 4 is 5.97 Å². The summed E-state index contributed by atoms with van der Waals surface area (Å²) in [4.78, 5) is 10.5. The number of carbonyl (C=O) groups is 1. The molecule has 0 bridgehead atoms. The smallest absolute Gasteiger partial charge is 0.425 e. The van der Waals surface area contributed by atoms with E-state index in [9.17, 15) is 18.0 Å². The maximum atomic E-state index is 11.9. The first-order valence-corrected chi connectivity index (χ1v) is 4.69. The van der Waals surface area contributed by atoms with Crippen LogP contribution in [-0.2, 0) is 9.53 Å². The summed E-state index contributed by atoms with van der Waals surface area (Å²) in [6.45, 7) is 4.04. The summed E-state index contributed by atoms with van der Waals surface area (Å²) in [5, 5.41) is 0. The number of ether oxygens (including phenoxy) is 1. The van der Waals surface area contributed by atoms with Gasteiger partial charge >= 0.3 is 12.1 Å². The molecule has 1 aliphatic carbocycles. The second-order valence-corrected chi connectivity index (χ2v) is 4.43. The van der Waals surface area contributed by atoms with E-state index < -0.39 is 12.1 Å². The molecule has 0 atom stereocenters. The first kappa shape index (κ1) is 12.1. The maximum absolute atomic E-state index is 11.9. The van der Waals surface area contributed by atoms with Crippen LogP contribution in [0.5, 0.6) is 0 Å². The van der Waals surface area contributed by atoms with Gasteiger partial charge in [0.05, 0.1) is 0 Å². The van der Waals surface area contributed by atoms with Gasteiger partial charge in [0.15, 0.2) is 0 Å². The van der Waals surface area contributed by atoms with Crippen LogP contribution in [0.15, 0.2) is 11.8 Å². The lowest BCUT2D eigenvalue weighted by molar-refractivity contribution is -0.195. The summed E-state index contributed by atoms with van der Waals surface area (Å²) in [6.07, 6.45) is -1.60. The Bertz CT molecular complexity index is 290.